The first kappa shape index (κ1) is 14.5. The number of nitrogens with zero attached hydrogens (tertiary/aromatic N) is 1. The Morgan fingerprint density at radius 3 is 2.95 bits per heavy atom. The molecule has 0 bridgehead atoms. The van der Waals surface area contributed by atoms with Crippen molar-refractivity contribution in [3.05, 3.63) is 29.8 Å². The van der Waals surface area contributed by atoms with Crippen molar-refractivity contribution in [2.75, 3.05) is 31.5 Å². The molecule has 1 aliphatic rings. The highest BCUT2D eigenvalue weighted by Crippen LogP contribution is 2.14. The normalized spacial score (nSPS) is 15.8. The van der Waals surface area contributed by atoms with Crippen LogP contribution in [0.4, 0.5) is 5.69 Å². The van der Waals surface area contributed by atoms with Crippen LogP contribution < -0.4 is 16.4 Å². The predicted molar refractivity (Wildman–Crippen MR) is 77.0 cm³/mol. The lowest BCUT2D eigenvalue weighted by molar-refractivity contribution is -0.125. The molecule has 6 heteroatoms. The molecule has 2 rings (SSSR count). The standard InChI is InChI=1S/C14H20N4O2/c15-9-11-3-1-2-4-12(11)17-13(19)5-7-18-8-6-16-14(20)10-18/h1-4H,5-10,15H2,(H,16,20)(H,17,19). The van der Waals surface area contributed by atoms with Gasteiger partial charge in [-0.1, -0.05) is 18.2 Å². The lowest BCUT2D eigenvalue weighted by atomic mass is 10.1. The first-order chi connectivity index (χ1) is 9.69. The Hall–Kier alpha value is -1.92. The number of nitrogens with two attached hydrogens (primary N) is 1. The minimum Gasteiger partial charge on any atom is -0.354 e. The quantitative estimate of drug-likeness (QED) is 0.701. The van der Waals surface area contributed by atoms with Gasteiger partial charge in [-0.05, 0) is 11.6 Å². The zero-order valence-electron chi connectivity index (χ0n) is 11.4. The van der Waals surface area contributed by atoms with Gasteiger partial charge in [-0.2, -0.15) is 0 Å². The van der Waals surface area contributed by atoms with Crippen molar-refractivity contribution in [3.8, 4) is 0 Å². The zero-order chi connectivity index (χ0) is 14.4. The van der Waals surface area contributed by atoms with E-state index in [0.717, 1.165) is 17.8 Å². The highest BCUT2D eigenvalue weighted by atomic mass is 16.2. The van der Waals surface area contributed by atoms with Crippen molar-refractivity contribution in [2.45, 2.75) is 13.0 Å². The van der Waals surface area contributed by atoms with E-state index in [9.17, 15) is 9.59 Å². The number of benzene rings is 1. The molecule has 20 heavy (non-hydrogen) atoms. The number of hydrogen-bond donors (Lipinski definition) is 3. The number of piperazine rings is 1. The lowest BCUT2D eigenvalue weighted by Crippen LogP contribution is -2.48. The van der Waals surface area contributed by atoms with E-state index in [0.29, 0.717) is 32.6 Å². The van der Waals surface area contributed by atoms with Crippen LogP contribution in [0, 0.1) is 0 Å². The molecule has 1 heterocycles. The zero-order valence-corrected chi connectivity index (χ0v) is 11.4. The van der Waals surface area contributed by atoms with Crippen molar-refractivity contribution < 1.29 is 9.59 Å². The van der Waals surface area contributed by atoms with Gasteiger partial charge in [0, 0.05) is 38.3 Å². The maximum absolute atomic E-state index is 11.9. The minimum absolute atomic E-state index is 0.0186. The first-order valence-corrected chi connectivity index (χ1v) is 6.76. The third-order valence-electron chi connectivity index (χ3n) is 3.28. The maximum atomic E-state index is 11.9. The van der Waals surface area contributed by atoms with E-state index in [-0.39, 0.29) is 11.8 Å². The van der Waals surface area contributed by atoms with Gasteiger partial charge < -0.3 is 16.4 Å². The molecule has 0 atom stereocenters. The van der Waals surface area contributed by atoms with E-state index >= 15 is 0 Å². The molecule has 0 saturated carbocycles. The average molecular weight is 276 g/mol. The monoisotopic (exact) mass is 276 g/mol. The molecule has 2 amide bonds. The number of nitrogens with one attached hydrogen (secondary N) is 2. The van der Waals surface area contributed by atoms with Crippen LogP contribution in [0.2, 0.25) is 0 Å². The largest absolute Gasteiger partial charge is 0.354 e. The van der Waals surface area contributed by atoms with Crippen molar-refractivity contribution in [3.63, 3.8) is 0 Å². The summed E-state index contributed by atoms with van der Waals surface area (Å²) in [5.41, 5.74) is 7.30. The first-order valence-electron chi connectivity index (χ1n) is 6.76. The molecule has 0 unspecified atom stereocenters. The van der Waals surface area contributed by atoms with Crippen LogP contribution in [0.3, 0.4) is 0 Å². The number of carbonyl (C=O) groups is 2. The summed E-state index contributed by atoms with van der Waals surface area (Å²) < 4.78 is 0. The van der Waals surface area contributed by atoms with Crippen LogP contribution in [0.25, 0.3) is 0 Å². The fraction of sp³-hybridized carbons (Fsp3) is 0.429. The third-order valence-corrected chi connectivity index (χ3v) is 3.28. The highest BCUT2D eigenvalue weighted by molar-refractivity contribution is 5.91. The van der Waals surface area contributed by atoms with Crippen LogP contribution in [0.15, 0.2) is 24.3 Å². The number of hydrogen-bond acceptors (Lipinski definition) is 4. The predicted octanol–water partition coefficient (Wildman–Crippen LogP) is -0.0943. The Kier molecular flexibility index (Phi) is 5.09. The van der Waals surface area contributed by atoms with Crippen molar-refractivity contribution >= 4 is 17.5 Å². The molecule has 0 aliphatic carbocycles. The Morgan fingerprint density at radius 1 is 1.40 bits per heavy atom. The van der Waals surface area contributed by atoms with Gasteiger partial charge in [-0.15, -0.1) is 0 Å². The van der Waals surface area contributed by atoms with Gasteiger partial charge in [0.2, 0.25) is 11.8 Å². The van der Waals surface area contributed by atoms with Crippen molar-refractivity contribution in [1.82, 2.24) is 10.2 Å². The van der Waals surface area contributed by atoms with E-state index < -0.39 is 0 Å². The van der Waals surface area contributed by atoms with Gasteiger partial charge in [0.25, 0.3) is 0 Å². The molecular formula is C14H20N4O2. The molecule has 1 aromatic rings. The van der Waals surface area contributed by atoms with E-state index in [1.54, 1.807) is 0 Å². The Morgan fingerprint density at radius 2 is 2.20 bits per heavy atom. The third kappa shape index (κ3) is 4.04. The lowest BCUT2D eigenvalue weighted by Gasteiger charge is -2.26. The van der Waals surface area contributed by atoms with Crippen LogP contribution in [-0.4, -0.2) is 42.9 Å². The number of para-hydroxylation sites is 1. The smallest absolute Gasteiger partial charge is 0.234 e. The average Bonchev–Trinajstić information content (AvgIpc) is 2.46. The minimum atomic E-state index is -0.0584. The molecule has 6 nitrogen and oxygen atoms in total. The van der Waals surface area contributed by atoms with Gasteiger partial charge in [0.1, 0.15) is 0 Å². The van der Waals surface area contributed by atoms with E-state index in [1.807, 2.05) is 29.2 Å². The maximum Gasteiger partial charge on any atom is 0.234 e. The summed E-state index contributed by atoms with van der Waals surface area (Å²) in [6, 6.07) is 7.49. The Labute approximate surface area is 118 Å². The number of amides is 2. The second-order valence-electron chi connectivity index (χ2n) is 4.79. The van der Waals surface area contributed by atoms with E-state index in [1.165, 1.54) is 0 Å². The molecule has 4 N–H and O–H groups in total. The van der Waals surface area contributed by atoms with E-state index in [4.69, 9.17) is 5.73 Å². The molecule has 0 spiro atoms. The van der Waals surface area contributed by atoms with Gasteiger partial charge >= 0.3 is 0 Å². The molecule has 1 saturated heterocycles. The van der Waals surface area contributed by atoms with Crippen LogP contribution in [0.5, 0.6) is 0 Å². The summed E-state index contributed by atoms with van der Waals surface area (Å²) in [6.07, 6.45) is 0.367. The van der Waals surface area contributed by atoms with Crippen molar-refractivity contribution in [2.24, 2.45) is 5.73 Å². The summed E-state index contributed by atoms with van der Waals surface area (Å²) in [6.45, 7) is 2.79. The topological polar surface area (TPSA) is 87.5 Å². The fourth-order valence-electron chi connectivity index (χ4n) is 2.17. The Balaban J connectivity index is 1.82. The summed E-state index contributed by atoms with van der Waals surface area (Å²) in [4.78, 5) is 25.1. The van der Waals surface area contributed by atoms with E-state index in [2.05, 4.69) is 10.6 Å². The molecule has 0 aromatic heterocycles. The molecule has 0 radical (unpaired) electrons. The van der Waals surface area contributed by atoms with Gasteiger partial charge in [0.15, 0.2) is 0 Å². The molecule has 1 aliphatic heterocycles. The SMILES string of the molecule is NCc1ccccc1NC(=O)CCN1CCNC(=O)C1. The summed E-state index contributed by atoms with van der Waals surface area (Å²) >= 11 is 0. The van der Waals surface area contributed by atoms with Gasteiger partial charge in [-0.25, -0.2) is 0 Å². The van der Waals surface area contributed by atoms with Crippen LogP contribution >= 0.6 is 0 Å². The van der Waals surface area contributed by atoms with Crippen LogP contribution in [-0.2, 0) is 16.1 Å². The summed E-state index contributed by atoms with van der Waals surface area (Å²) in [5.74, 6) is -0.0398. The highest BCUT2D eigenvalue weighted by Gasteiger charge is 2.16. The van der Waals surface area contributed by atoms with Crippen LogP contribution in [0.1, 0.15) is 12.0 Å². The Bertz CT molecular complexity index is 490. The van der Waals surface area contributed by atoms with Gasteiger partial charge in [-0.3, -0.25) is 14.5 Å². The molecular weight excluding hydrogens is 256 g/mol. The molecule has 1 fully saturated rings. The summed E-state index contributed by atoms with van der Waals surface area (Å²) in [5, 5.41) is 5.63. The van der Waals surface area contributed by atoms with Crippen molar-refractivity contribution in [1.29, 1.82) is 0 Å². The molecule has 1 aromatic carbocycles. The number of anilines is 1. The number of rotatable bonds is 5. The molecule has 108 valence electrons. The van der Waals surface area contributed by atoms with Gasteiger partial charge in [0.05, 0.1) is 6.54 Å². The summed E-state index contributed by atoms with van der Waals surface area (Å²) in [7, 11) is 0. The second kappa shape index (κ2) is 7.02. The second-order valence-corrected chi connectivity index (χ2v) is 4.79. The fourth-order valence-corrected chi connectivity index (χ4v) is 2.17. The number of carbonyl (C=O) groups excluding carboxylic acids is 2.